The van der Waals surface area contributed by atoms with Gasteiger partial charge >= 0.3 is 0 Å². The fraction of sp³-hybridized carbons (Fsp3) is 0.353. The summed E-state index contributed by atoms with van der Waals surface area (Å²) in [6.45, 7) is 2.27. The number of aromatic nitrogens is 1. The van der Waals surface area contributed by atoms with Crippen LogP contribution in [0.5, 0.6) is 0 Å². The lowest BCUT2D eigenvalue weighted by atomic mass is 10.3. The quantitative estimate of drug-likeness (QED) is 0.788. The number of hydrogen-bond acceptors (Lipinski definition) is 5. The summed E-state index contributed by atoms with van der Waals surface area (Å²) in [5.74, 6) is -1.21. The number of nitrogens with zero attached hydrogens (tertiary/aromatic N) is 2. The second-order valence-corrected chi connectivity index (χ2v) is 7.95. The largest absolute Gasteiger partial charge is 0.378 e. The molecule has 1 aromatic carbocycles. The maximum Gasteiger partial charge on any atom is 0.264 e. The van der Waals surface area contributed by atoms with Crippen molar-refractivity contribution in [2.45, 2.75) is 19.2 Å². The van der Waals surface area contributed by atoms with E-state index < -0.39 is 13.2 Å². The smallest absolute Gasteiger partial charge is 0.264 e. The third kappa shape index (κ3) is 3.99. The van der Waals surface area contributed by atoms with Crippen molar-refractivity contribution in [1.82, 2.24) is 4.98 Å². The molecule has 0 saturated heterocycles. The first-order valence-electron chi connectivity index (χ1n) is 7.59. The van der Waals surface area contributed by atoms with E-state index in [0.717, 1.165) is 12.1 Å². The first kappa shape index (κ1) is 17.7. The molecule has 0 spiro atoms. The van der Waals surface area contributed by atoms with Crippen LogP contribution in [0, 0.1) is 0 Å². The van der Waals surface area contributed by atoms with E-state index in [1.54, 1.807) is 36.7 Å². The zero-order valence-electron chi connectivity index (χ0n) is 13.7. The third-order valence-electron chi connectivity index (χ3n) is 3.54. The van der Waals surface area contributed by atoms with Crippen molar-refractivity contribution in [2.75, 3.05) is 25.6 Å². The molecule has 2 atom stereocenters. The minimum Gasteiger partial charge on any atom is -0.378 e. The number of rotatable bonds is 7. The molecule has 0 amide bonds. The van der Waals surface area contributed by atoms with Crippen molar-refractivity contribution in [3.8, 4) is 0 Å². The minimum atomic E-state index is -3.44. The van der Waals surface area contributed by atoms with Crippen LogP contribution in [0.25, 0.3) is 0 Å². The molecule has 1 heterocycles. The highest BCUT2D eigenvalue weighted by Gasteiger charge is 2.36. The van der Waals surface area contributed by atoms with Gasteiger partial charge in [-0.25, -0.2) is 0 Å². The number of pyridine rings is 1. The van der Waals surface area contributed by atoms with Gasteiger partial charge in [-0.2, -0.15) is 0 Å². The molecular formula is C17H23N2O3P. The fourth-order valence-corrected chi connectivity index (χ4v) is 4.36. The monoisotopic (exact) mass is 334 g/mol. The van der Waals surface area contributed by atoms with Gasteiger partial charge in [-0.15, -0.1) is 0 Å². The normalized spacial score (nSPS) is 15.0. The molecule has 0 aliphatic rings. The summed E-state index contributed by atoms with van der Waals surface area (Å²) < 4.78 is 19.1. The van der Waals surface area contributed by atoms with Gasteiger partial charge in [0.2, 0.25) is 0 Å². The predicted molar refractivity (Wildman–Crippen MR) is 93.4 cm³/mol. The van der Waals surface area contributed by atoms with Crippen molar-refractivity contribution >= 4 is 18.4 Å². The summed E-state index contributed by atoms with van der Waals surface area (Å²) in [5.41, 5.74) is 1.53. The number of anilines is 1. The van der Waals surface area contributed by atoms with Crippen molar-refractivity contribution in [3.05, 3.63) is 54.4 Å². The summed E-state index contributed by atoms with van der Waals surface area (Å²) in [5, 5.41) is 11.2. The first-order valence-corrected chi connectivity index (χ1v) is 9.28. The predicted octanol–water partition coefficient (Wildman–Crippen LogP) is 3.17. The summed E-state index contributed by atoms with van der Waals surface area (Å²) in [7, 11) is 0.435. The van der Waals surface area contributed by atoms with Gasteiger partial charge < -0.3 is 14.5 Å². The Balaban J connectivity index is 2.40. The Hall–Kier alpha value is -1.68. The first-order chi connectivity index (χ1) is 11.0. The Labute approximate surface area is 137 Å². The Morgan fingerprint density at radius 1 is 1.17 bits per heavy atom. The molecule has 124 valence electrons. The highest BCUT2D eigenvalue weighted by atomic mass is 31.2. The van der Waals surface area contributed by atoms with Crippen molar-refractivity contribution < 1.29 is 14.2 Å². The highest BCUT2D eigenvalue weighted by molar-refractivity contribution is 7.67. The average Bonchev–Trinajstić information content (AvgIpc) is 2.59. The zero-order chi connectivity index (χ0) is 16.9. The lowest BCUT2D eigenvalue weighted by Gasteiger charge is -2.25. The summed E-state index contributed by atoms with van der Waals surface area (Å²) in [6.07, 6.45) is 3.86. The standard InChI is InChI=1S/C17H23N2O3P/c1-4-13-22-23(21,17(20)14-9-11-18-12-10-14)16-7-5-15(6-8-16)19(2)3/h5-12,17,20H,4,13H2,1-3H3/t17-,23+/m0/s1. The van der Waals surface area contributed by atoms with Gasteiger partial charge in [0.25, 0.3) is 7.37 Å². The molecule has 0 fully saturated rings. The van der Waals surface area contributed by atoms with E-state index in [9.17, 15) is 9.67 Å². The molecule has 2 aromatic rings. The van der Waals surface area contributed by atoms with Gasteiger partial charge in [-0.3, -0.25) is 9.55 Å². The van der Waals surface area contributed by atoms with Crippen LogP contribution in [-0.2, 0) is 9.09 Å². The van der Waals surface area contributed by atoms with Crippen LogP contribution in [0.1, 0.15) is 24.8 Å². The molecule has 1 aromatic heterocycles. The zero-order valence-corrected chi connectivity index (χ0v) is 14.6. The summed E-state index contributed by atoms with van der Waals surface area (Å²) in [6, 6.07) is 10.6. The Morgan fingerprint density at radius 2 is 1.78 bits per heavy atom. The van der Waals surface area contributed by atoms with E-state index >= 15 is 0 Å². The van der Waals surface area contributed by atoms with Crippen LogP contribution in [0.2, 0.25) is 0 Å². The third-order valence-corrected chi connectivity index (χ3v) is 6.07. The van der Waals surface area contributed by atoms with Gasteiger partial charge in [0.15, 0.2) is 5.85 Å². The molecule has 6 heteroatoms. The maximum atomic E-state index is 13.4. The number of hydrogen-bond donors (Lipinski definition) is 1. The maximum absolute atomic E-state index is 13.4. The van der Waals surface area contributed by atoms with Crippen LogP contribution in [-0.4, -0.2) is 30.8 Å². The molecule has 0 aliphatic heterocycles. The molecule has 0 bridgehead atoms. The van der Waals surface area contributed by atoms with E-state index in [2.05, 4.69) is 4.98 Å². The van der Waals surface area contributed by atoms with Crippen molar-refractivity contribution in [3.63, 3.8) is 0 Å². The van der Waals surface area contributed by atoms with Gasteiger partial charge in [0.1, 0.15) is 0 Å². The van der Waals surface area contributed by atoms with Gasteiger partial charge in [-0.05, 0) is 48.4 Å². The fourth-order valence-electron chi connectivity index (χ4n) is 2.20. The van der Waals surface area contributed by atoms with Gasteiger partial charge in [-0.1, -0.05) is 6.92 Å². The lowest BCUT2D eigenvalue weighted by molar-refractivity contribution is 0.214. The van der Waals surface area contributed by atoms with Crippen molar-refractivity contribution in [1.29, 1.82) is 0 Å². The highest BCUT2D eigenvalue weighted by Crippen LogP contribution is 2.57. The van der Waals surface area contributed by atoms with Crippen LogP contribution in [0.15, 0.2) is 48.8 Å². The molecular weight excluding hydrogens is 311 g/mol. The number of aliphatic hydroxyl groups excluding tert-OH is 1. The molecule has 23 heavy (non-hydrogen) atoms. The second kappa shape index (κ2) is 7.73. The van der Waals surface area contributed by atoms with Crippen molar-refractivity contribution in [2.24, 2.45) is 0 Å². The van der Waals surface area contributed by atoms with E-state index in [1.165, 1.54) is 0 Å². The lowest BCUT2D eigenvalue weighted by Crippen LogP contribution is -2.16. The van der Waals surface area contributed by atoms with E-state index in [-0.39, 0.29) is 0 Å². The minimum absolute atomic E-state index is 0.328. The second-order valence-electron chi connectivity index (χ2n) is 5.50. The Bertz CT molecular complexity index is 659. The van der Waals surface area contributed by atoms with Crippen LogP contribution >= 0.6 is 7.37 Å². The molecule has 0 saturated carbocycles. The molecule has 2 rings (SSSR count). The molecule has 1 N–H and O–H groups in total. The Kier molecular flexibility index (Phi) is 5.94. The van der Waals surface area contributed by atoms with Gasteiger partial charge in [0.05, 0.1) is 6.61 Å². The molecule has 0 radical (unpaired) electrons. The van der Waals surface area contributed by atoms with Gasteiger partial charge in [0, 0.05) is 37.5 Å². The van der Waals surface area contributed by atoms with Crippen LogP contribution in [0.4, 0.5) is 5.69 Å². The molecule has 0 unspecified atom stereocenters. The van der Waals surface area contributed by atoms with Crippen LogP contribution in [0.3, 0.4) is 0 Å². The topological polar surface area (TPSA) is 62.7 Å². The average molecular weight is 334 g/mol. The summed E-state index contributed by atoms with van der Waals surface area (Å²) in [4.78, 5) is 5.89. The summed E-state index contributed by atoms with van der Waals surface area (Å²) >= 11 is 0. The SMILES string of the molecule is CCCO[P@](=O)(c1ccc(N(C)C)cc1)[C@H](O)c1ccncc1. The molecule has 5 nitrogen and oxygen atoms in total. The van der Waals surface area contributed by atoms with Crippen LogP contribution < -0.4 is 10.2 Å². The van der Waals surface area contributed by atoms with E-state index in [0.29, 0.717) is 17.5 Å². The van der Waals surface area contributed by atoms with E-state index in [1.807, 2.05) is 38.1 Å². The number of aliphatic hydroxyl groups is 1. The molecule has 0 aliphatic carbocycles. The Morgan fingerprint density at radius 3 is 2.30 bits per heavy atom. The van der Waals surface area contributed by atoms with E-state index in [4.69, 9.17) is 4.52 Å². The number of benzene rings is 1.